The molecule has 1 atom stereocenters. The Labute approximate surface area is 171 Å². The maximum Gasteiger partial charge on any atom is 0.260 e. The van der Waals surface area contributed by atoms with Gasteiger partial charge in [-0.15, -0.1) is 0 Å². The molecule has 2 aromatic carbocycles. The molecule has 2 heterocycles. The summed E-state index contributed by atoms with van der Waals surface area (Å²) < 4.78 is 6.77. The molecule has 27 heavy (non-hydrogen) atoms. The van der Waals surface area contributed by atoms with Gasteiger partial charge in [0.2, 0.25) is 0 Å². The maximum absolute atomic E-state index is 13.3. The number of rotatable bonds is 4. The van der Waals surface area contributed by atoms with Crippen molar-refractivity contribution >= 4 is 55.8 Å². The van der Waals surface area contributed by atoms with Crippen LogP contribution in [0.1, 0.15) is 28.8 Å². The number of aromatic nitrogens is 1. The number of fused-ring (bicyclic) bond motifs is 1. The molecule has 3 aromatic rings. The number of hydrogen-bond acceptors (Lipinski definition) is 4. The van der Waals surface area contributed by atoms with Crippen molar-refractivity contribution in [2.45, 2.75) is 25.9 Å². The van der Waals surface area contributed by atoms with E-state index in [1.807, 2.05) is 19.1 Å². The van der Waals surface area contributed by atoms with Gasteiger partial charge >= 0.3 is 0 Å². The van der Waals surface area contributed by atoms with Crippen LogP contribution in [-0.2, 0) is 4.74 Å². The van der Waals surface area contributed by atoms with Crippen LogP contribution in [0.4, 0.5) is 5.13 Å². The van der Waals surface area contributed by atoms with Crippen LogP contribution in [0.15, 0.2) is 36.4 Å². The Hall–Kier alpha value is -1.66. The minimum atomic E-state index is -0.129. The van der Waals surface area contributed by atoms with Crippen LogP contribution in [0.25, 0.3) is 10.2 Å². The summed E-state index contributed by atoms with van der Waals surface area (Å²) in [5.74, 6) is -0.129. The first-order chi connectivity index (χ1) is 13.0. The minimum absolute atomic E-state index is 0.0184. The first kappa shape index (κ1) is 18.7. The number of nitrogens with zero attached hydrogens (tertiary/aromatic N) is 2. The molecule has 1 amide bonds. The molecule has 0 bridgehead atoms. The zero-order valence-electron chi connectivity index (χ0n) is 14.7. The van der Waals surface area contributed by atoms with E-state index >= 15 is 0 Å². The van der Waals surface area contributed by atoms with Crippen LogP contribution in [-0.4, -0.2) is 30.1 Å². The van der Waals surface area contributed by atoms with Gasteiger partial charge in [0.1, 0.15) is 0 Å². The summed E-state index contributed by atoms with van der Waals surface area (Å²) in [6.07, 6.45) is 1.97. The molecule has 0 spiro atoms. The fourth-order valence-electron chi connectivity index (χ4n) is 3.22. The second-order valence-electron chi connectivity index (χ2n) is 6.58. The van der Waals surface area contributed by atoms with E-state index in [1.165, 1.54) is 11.3 Å². The molecule has 1 saturated heterocycles. The number of amides is 1. The molecule has 0 unspecified atom stereocenters. The maximum atomic E-state index is 13.3. The van der Waals surface area contributed by atoms with Gasteiger partial charge in [-0.25, -0.2) is 4.98 Å². The van der Waals surface area contributed by atoms with Crippen molar-refractivity contribution < 1.29 is 9.53 Å². The highest BCUT2D eigenvalue weighted by atomic mass is 35.5. The van der Waals surface area contributed by atoms with Crippen molar-refractivity contribution in [3.8, 4) is 0 Å². The summed E-state index contributed by atoms with van der Waals surface area (Å²) in [4.78, 5) is 19.7. The number of aryl methyl sites for hydroxylation is 1. The Bertz CT molecular complexity index is 999. The van der Waals surface area contributed by atoms with Crippen LogP contribution < -0.4 is 4.90 Å². The van der Waals surface area contributed by atoms with Crippen molar-refractivity contribution in [2.24, 2.45) is 0 Å². The van der Waals surface area contributed by atoms with Crippen molar-refractivity contribution in [2.75, 3.05) is 18.1 Å². The van der Waals surface area contributed by atoms with E-state index < -0.39 is 0 Å². The lowest BCUT2D eigenvalue weighted by molar-refractivity contribution is 0.0917. The van der Waals surface area contributed by atoms with E-state index in [2.05, 4.69) is 0 Å². The lowest BCUT2D eigenvalue weighted by Gasteiger charge is -2.23. The molecule has 1 aromatic heterocycles. The lowest BCUT2D eigenvalue weighted by atomic mass is 10.2. The molecule has 4 nitrogen and oxygen atoms in total. The van der Waals surface area contributed by atoms with Crippen LogP contribution in [0.3, 0.4) is 0 Å². The number of halogens is 2. The fourth-order valence-corrected chi connectivity index (χ4v) is 4.60. The zero-order valence-corrected chi connectivity index (χ0v) is 17.1. The molecule has 0 radical (unpaired) electrons. The highest BCUT2D eigenvalue weighted by Crippen LogP contribution is 2.34. The third-order valence-electron chi connectivity index (χ3n) is 4.69. The van der Waals surface area contributed by atoms with E-state index in [4.69, 9.17) is 32.9 Å². The van der Waals surface area contributed by atoms with Gasteiger partial charge in [0, 0.05) is 22.2 Å². The van der Waals surface area contributed by atoms with E-state index in [0.717, 1.165) is 35.2 Å². The molecule has 1 aliphatic heterocycles. The number of benzene rings is 2. The summed E-state index contributed by atoms with van der Waals surface area (Å²) in [5.41, 5.74) is 2.29. The third-order valence-corrected chi connectivity index (χ3v) is 6.38. The molecule has 1 fully saturated rings. The van der Waals surface area contributed by atoms with Crippen LogP contribution >= 0.6 is 34.5 Å². The average Bonchev–Trinajstić information content (AvgIpc) is 3.32. The smallest absolute Gasteiger partial charge is 0.260 e. The van der Waals surface area contributed by atoms with Crippen molar-refractivity contribution in [3.05, 3.63) is 57.6 Å². The van der Waals surface area contributed by atoms with Crippen LogP contribution in [0.2, 0.25) is 10.0 Å². The van der Waals surface area contributed by atoms with Gasteiger partial charge in [-0.2, -0.15) is 0 Å². The Kier molecular flexibility index (Phi) is 5.37. The number of carbonyl (C=O) groups is 1. The molecule has 0 saturated carbocycles. The predicted octanol–water partition coefficient (Wildman–Crippen LogP) is 5.74. The largest absolute Gasteiger partial charge is 0.376 e. The number of hydrogen-bond donors (Lipinski definition) is 0. The summed E-state index contributed by atoms with van der Waals surface area (Å²) in [7, 11) is 0. The highest BCUT2D eigenvalue weighted by Gasteiger charge is 2.27. The van der Waals surface area contributed by atoms with Crippen molar-refractivity contribution in [3.63, 3.8) is 0 Å². The van der Waals surface area contributed by atoms with E-state index in [1.54, 1.807) is 29.2 Å². The Morgan fingerprint density at radius 2 is 2.19 bits per heavy atom. The third kappa shape index (κ3) is 3.83. The number of ether oxygens (including phenoxy) is 1. The molecule has 1 aliphatic rings. The van der Waals surface area contributed by atoms with E-state index in [9.17, 15) is 4.79 Å². The predicted molar refractivity (Wildman–Crippen MR) is 111 cm³/mol. The summed E-state index contributed by atoms with van der Waals surface area (Å²) in [5, 5.41) is 1.85. The van der Waals surface area contributed by atoms with Gasteiger partial charge in [0.25, 0.3) is 5.91 Å². The second kappa shape index (κ2) is 7.76. The normalized spacial score (nSPS) is 16.8. The Morgan fingerprint density at radius 3 is 2.93 bits per heavy atom. The Morgan fingerprint density at radius 1 is 1.33 bits per heavy atom. The Balaban J connectivity index is 1.75. The first-order valence-electron chi connectivity index (χ1n) is 8.77. The minimum Gasteiger partial charge on any atom is -0.376 e. The number of thiazole rings is 1. The van der Waals surface area contributed by atoms with Crippen molar-refractivity contribution in [1.82, 2.24) is 4.98 Å². The average molecular weight is 421 g/mol. The molecular formula is C20H18Cl2N2O2S. The molecule has 7 heteroatoms. The zero-order chi connectivity index (χ0) is 19.0. The monoisotopic (exact) mass is 420 g/mol. The molecule has 140 valence electrons. The number of carbonyl (C=O) groups excluding carboxylic acids is 1. The molecular weight excluding hydrogens is 403 g/mol. The molecule has 0 N–H and O–H groups in total. The van der Waals surface area contributed by atoms with Gasteiger partial charge in [0.05, 0.1) is 22.9 Å². The topological polar surface area (TPSA) is 42.4 Å². The summed E-state index contributed by atoms with van der Waals surface area (Å²) >= 11 is 13.8. The van der Waals surface area contributed by atoms with Gasteiger partial charge in [-0.1, -0.05) is 40.6 Å². The quantitative estimate of drug-likeness (QED) is 0.540. The van der Waals surface area contributed by atoms with Gasteiger partial charge in [0.15, 0.2) is 5.13 Å². The summed E-state index contributed by atoms with van der Waals surface area (Å²) in [6.45, 7) is 3.15. The van der Waals surface area contributed by atoms with Crippen LogP contribution in [0.5, 0.6) is 0 Å². The van der Waals surface area contributed by atoms with Gasteiger partial charge < -0.3 is 4.74 Å². The molecule has 0 aliphatic carbocycles. The second-order valence-corrected chi connectivity index (χ2v) is 8.43. The van der Waals surface area contributed by atoms with Gasteiger partial charge in [-0.3, -0.25) is 9.69 Å². The lowest BCUT2D eigenvalue weighted by Crippen LogP contribution is -2.37. The fraction of sp³-hybridized carbons (Fsp3) is 0.300. The SMILES string of the molecule is Cc1c(Cl)ccc2sc(N(C[C@H]3CCCO3)C(=O)c3cccc(Cl)c3)nc12. The highest BCUT2D eigenvalue weighted by molar-refractivity contribution is 7.22. The molecule has 4 rings (SSSR count). The standard InChI is InChI=1S/C20H18Cl2N2O2S/c1-12-16(22)7-8-17-18(12)23-20(27-17)24(11-15-6-3-9-26-15)19(25)13-4-2-5-14(21)10-13/h2,4-5,7-8,10,15H,3,6,9,11H2,1H3/t15-/m1/s1. The van der Waals surface area contributed by atoms with Gasteiger partial charge in [-0.05, 0) is 55.7 Å². The number of anilines is 1. The first-order valence-corrected chi connectivity index (χ1v) is 10.3. The summed E-state index contributed by atoms with van der Waals surface area (Å²) in [6, 6.07) is 10.8. The van der Waals surface area contributed by atoms with E-state index in [-0.39, 0.29) is 12.0 Å². The van der Waals surface area contributed by atoms with Crippen molar-refractivity contribution in [1.29, 1.82) is 0 Å². The van der Waals surface area contributed by atoms with E-state index in [0.29, 0.717) is 27.3 Å². The van der Waals surface area contributed by atoms with Crippen LogP contribution in [0, 0.1) is 6.92 Å².